The SMILES string of the molecule is CN1CCN(C(C(=O)NC2COc3cccc(F)c32)c2ccccc2)CC1. The highest BCUT2D eigenvalue weighted by Crippen LogP contribution is 2.35. The number of likely N-dealkylation sites (N-methyl/N-ethyl adjacent to an activating group) is 1. The molecule has 1 saturated heterocycles. The molecule has 0 aliphatic carbocycles. The van der Waals surface area contributed by atoms with Crippen LogP contribution in [0.3, 0.4) is 0 Å². The molecule has 27 heavy (non-hydrogen) atoms. The van der Waals surface area contributed by atoms with Crippen LogP contribution in [0, 0.1) is 5.82 Å². The van der Waals surface area contributed by atoms with Gasteiger partial charge in [-0.25, -0.2) is 4.39 Å². The lowest BCUT2D eigenvalue weighted by Gasteiger charge is -2.37. The number of hydrogen-bond acceptors (Lipinski definition) is 4. The van der Waals surface area contributed by atoms with E-state index >= 15 is 0 Å². The van der Waals surface area contributed by atoms with Crippen LogP contribution in [0.1, 0.15) is 23.2 Å². The Bertz CT molecular complexity index is 806. The molecule has 2 aromatic rings. The van der Waals surface area contributed by atoms with E-state index in [1.165, 1.54) is 6.07 Å². The fraction of sp³-hybridized carbons (Fsp3) is 0.381. The van der Waals surface area contributed by atoms with Gasteiger partial charge in [0.2, 0.25) is 5.91 Å². The van der Waals surface area contributed by atoms with Crippen molar-refractivity contribution < 1.29 is 13.9 Å². The maximum absolute atomic E-state index is 14.3. The summed E-state index contributed by atoms with van der Waals surface area (Å²) < 4.78 is 19.8. The highest BCUT2D eigenvalue weighted by atomic mass is 19.1. The number of fused-ring (bicyclic) bond motifs is 1. The third-order valence-corrected chi connectivity index (χ3v) is 5.35. The van der Waals surface area contributed by atoms with E-state index in [9.17, 15) is 9.18 Å². The quantitative estimate of drug-likeness (QED) is 0.899. The van der Waals surface area contributed by atoms with Gasteiger partial charge in [0, 0.05) is 26.2 Å². The van der Waals surface area contributed by atoms with Crippen LogP contribution in [0.4, 0.5) is 4.39 Å². The highest BCUT2D eigenvalue weighted by Gasteiger charge is 2.34. The maximum atomic E-state index is 14.3. The monoisotopic (exact) mass is 369 g/mol. The third-order valence-electron chi connectivity index (χ3n) is 5.35. The predicted molar refractivity (Wildman–Crippen MR) is 101 cm³/mol. The van der Waals surface area contributed by atoms with Crippen LogP contribution in [0.25, 0.3) is 0 Å². The largest absolute Gasteiger partial charge is 0.491 e. The first kappa shape index (κ1) is 17.9. The molecule has 2 heterocycles. The van der Waals surface area contributed by atoms with Gasteiger partial charge in [0.1, 0.15) is 24.2 Å². The maximum Gasteiger partial charge on any atom is 0.242 e. The van der Waals surface area contributed by atoms with Crippen LogP contribution in [0.2, 0.25) is 0 Å². The number of nitrogens with one attached hydrogen (secondary N) is 1. The Morgan fingerprint density at radius 1 is 1.11 bits per heavy atom. The van der Waals surface area contributed by atoms with Gasteiger partial charge in [0.15, 0.2) is 0 Å². The topological polar surface area (TPSA) is 44.8 Å². The molecule has 2 aliphatic rings. The van der Waals surface area contributed by atoms with E-state index < -0.39 is 12.1 Å². The van der Waals surface area contributed by atoms with Crippen LogP contribution in [0.15, 0.2) is 48.5 Å². The second-order valence-electron chi connectivity index (χ2n) is 7.18. The molecule has 1 fully saturated rings. The molecule has 0 saturated carbocycles. The molecular formula is C21H24FN3O2. The van der Waals surface area contributed by atoms with Crippen molar-refractivity contribution in [2.75, 3.05) is 39.8 Å². The summed E-state index contributed by atoms with van der Waals surface area (Å²) in [4.78, 5) is 17.7. The Labute approximate surface area is 158 Å². The Balaban J connectivity index is 1.57. The number of piperazine rings is 1. The van der Waals surface area contributed by atoms with Crippen molar-refractivity contribution >= 4 is 5.91 Å². The van der Waals surface area contributed by atoms with Gasteiger partial charge in [-0.1, -0.05) is 36.4 Å². The smallest absolute Gasteiger partial charge is 0.242 e. The number of ether oxygens (including phenoxy) is 1. The van der Waals surface area contributed by atoms with E-state index in [1.54, 1.807) is 12.1 Å². The lowest BCUT2D eigenvalue weighted by Crippen LogP contribution is -2.50. The van der Waals surface area contributed by atoms with Gasteiger partial charge in [0.25, 0.3) is 0 Å². The first-order valence-electron chi connectivity index (χ1n) is 9.32. The molecule has 0 spiro atoms. The zero-order valence-electron chi connectivity index (χ0n) is 15.4. The zero-order valence-corrected chi connectivity index (χ0v) is 15.4. The zero-order chi connectivity index (χ0) is 18.8. The van der Waals surface area contributed by atoms with Gasteiger partial charge < -0.3 is 15.0 Å². The summed E-state index contributed by atoms with van der Waals surface area (Å²) in [7, 11) is 2.09. The molecule has 2 atom stereocenters. The normalized spacial score (nSPS) is 21.3. The molecule has 0 bridgehead atoms. The van der Waals surface area contributed by atoms with Crippen LogP contribution in [0.5, 0.6) is 5.75 Å². The first-order chi connectivity index (χ1) is 13.1. The van der Waals surface area contributed by atoms with Crippen LogP contribution in [-0.2, 0) is 4.79 Å². The number of rotatable bonds is 4. The minimum atomic E-state index is -0.465. The molecule has 6 heteroatoms. The summed E-state index contributed by atoms with van der Waals surface area (Å²) in [5, 5.41) is 3.02. The second-order valence-corrected chi connectivity index (χ2v) is 7.18. The van der Waals surface area contributed by atoms with Gasteiger partial charge in [-0.3, -0.25) is 9.69 Å². The summed E-state index contributed by atoms with van der Waals surface area (Å²) in [5.41, 5.74) is 1.39. The molecule has 2 unspecified atom stereocenters. The Morgan fingerprint density at radius 2 is 1.85 bits per heavy atom. The van der Waals surface area contributed by atoms with Crippen molar-refractivity contribution in [1.29, 1.82) is 0 Å². The van der Waals surface area contributed by atoms with Crippen molar-refractivity contribution in [2.24, 2.45) is 0 Å². The lowest BCUT2D eigenvalue weighted by molar-refractivity contribution is -0.128. The van der Waals surface area contributed by atoms with Crippen molar-refractivity contribution in [3.05, 3.63) is 65.5 Å². The minimum Gasteiger partial charge on any atom is -0.491 e. The van der Waals surface area contributed by atoms with Crippen molar-refractivity contribution in [2.45, 2.75) is 12.1 Å². The Morgan fingerprint density at radius 3 is 2.59 bits per heavy atom. The minimum absolute atomic E-state index is 0.115. The standard InChI is InChI=1S/C21H24FN3O2/c1-24-10-12-25(13-11-24)20(15-6-3-2-4-7-15)21(26)23-17-14-27-18-9-5-8-16(22)19(17)18/h2-9,17,20H,10-14H2,1H3,(H,23,26). The molecule has 4 rings (SSSR count). The van der Waals surface area contributed by atoms with Crippen LogP contribution >= 0.6 is 0 Å². The van der Waals surface area contributed by atoms with E-state index in [1.807, 2.05) is 30.3 Å². The summed E-state index contributed by atoms with van der Waals surface area (Å²) in [6.07, 6.45) is 0. The predicted octanol–water partition coefficient (Wildman–Crippen LogP) is 2.36. The molecular weight excluding hydrogens is 345 g/mol. The van der Waals surface area contributed by atoms with E-state index in [4.69, 9.17) is 4.74 Å². The van der Waals surface area contributed by atoms with Gasteiger partial charge >= 0.3 is 0 Å². The van der Waals surface area contributed by atoms with Gasteiger partial charge in [-0.15, -0.1) is 0 Å². The summed E-state index contributed by atoms with van der Waals surface area (Å²) in [5.74, 6) is 0.0535. The highest BCUT2D eigenvalue weighted by molar-refractivity contribution is 5.84. The number of halogens is 1. The number of nitrogens with zero attached hydrogens (tertiary/aromatic N) is 2. The van der Waals surface area contributed by atoms with Crippen LogP contribution < -0.4 is 10.1 Å². The summed E-state index contributed by atoms with van der Waals surface area (Å²) in [6.45, 7) is 3.72. The number of carbonyl (C=O) groups excluding carboxylic acids is 1. The number of carbonyl (C=O) groups is 1. The Hall–Kier alpha value is -2.44. The first-order valence-corrected chi connectivity index (χ1v) is 9.32. The molecule has 0 radical (unpaired) electrons. The molecule has 5 nitrogen and oxygen atoms in total. The van der Waals surface area contributed by atoms with Gasteiger partial charge in [-0.05, 0) is 24.7 Å². The Kier molecular flexibility index (Phi) is 5.09. The van der Waals surface area contributed by atoms with E-state index in [0.29, 0.717) is 11.3 Å². The summed E-state index contributed by atoms with van der Waals surface area (Å²) in [6, 6.07) is 13.7. The van der Waals surface area contributed by atoms with Crippen molar-refractivity contribution in [3.63, 3.8) is 0 Å². The molecule has 2 aromatic carbocycles. The third kappa shape index (κ3) is 3.68. The fourth-order valence-corrected chi connectivity index (χ4v) is 3.85. The molecule has 2 aliphatic heterocycles. The second kappa shape index (κ2) is 7.66. The van der Waals surface area contributed by atoms with Gasteiger partial charge in [-0.2, -0.15) is 0 Å². The average molecular weight is 369 g/mol. The molecule has 0 aromatic heterocycles. The number of hydrogen-bond donors (Lipinski definition) is 1. The molecule has 1 N–H and O–H groups in total. The number of benzene rings is 2. The van der Waals surface area contributed by atoms with Crippen molar-refractivity contribution in [3.8, 4) is 5.75 Å². The van der Waals surface area contributed by atoms with E-state index in [-0.39, 0.29) is 18.3 Å². The average Bonchev–Trinajstić information content (AvgIpc) is 3.09. The van der Waals surface area contributed by atoms with Gasteiger partial charge in [0.05, 0.1) is 11.6 Å². The molecule has 142 valence electrons. The molecule has 1 amide bonds. The van der Waals surface area contributed by atoms with Crippen molar-refractivity contribution in [1.82, 2.24) is 15.1 Å². The number of amides is 1. The fourth-order valence-electron chi connectivity index (χ4n) is 3.85. The summed E-state index contributed by atoms with van der Waals surface area (Å²) >= 11 is 0. The lowest BCUT2D eigenvalue weighted by atomic mass is 10.0. The van der Waals surface area contributed by atoms with E-state index in [0.717, 1.165) is 31.7 Å². The van der Waals surface area contributed by atoms with Crippen LogP contribution in [-0.4, -0.2) is 55.5 Å². The van der Waals surface area contributed by atoms with E-state index in [2.05, 4.69) is 22.2 Å².